The molecule has 130 valence electrons. The first-order valence-electron chi connectivity index (χ1n) is 8.15. The maximum absolute atomic E-state index is 12.2. The van der Waals surface area contributed by atoms with Gasteiger partial charge in [0.15, 0.2) is 0 Å². The minimum absolute atomic E-state index is 0. The van der Waals surface area contributed by atoms with Crippen molar-refractivity contribution < 1.29 is 9.53 Å². The number of ether oxygens (including phenoxy) is 1. The molecule has 0 radical (unpaired) electrons. The topological polar surface area (TPSA) is 50.4 Å². The lowest BCUT2D eigenvalue weighted by Crippen LogP contribution is -2.46. The number of piperidine rings is 1. The highest BCUT2D eigenvalue weighted by atomic mass is 35.5. The number of nitrogens with one attached hydrogen (secondary N) is 2. The van der Waals surface area contributed by atoms with Gasteiger partial charge in [-0.1, -0.05) is 18.6 Å². The molecule has 1 fully saturated rings. The first kappa shape index (κ1) is 19.8. The lowest BCUT2D eigenvalue weighted by Gasteiger charge is -2.25. The van der Waals surface area contributed by atoms with Crippen LogP contribution >= 0.6 is 12.4 Å². The zero-order chi connectivity index (χ0) is 16.2. The van der Waals surface area contributed by atoms with Crippen molar-refractivity contribution in [3.05, 3.63) is 29.3 Å². The molecule has 0 spiro atoms. The molecule has 1 aromatic rings. The van der Waals surface area contributed by atoms with Crippen LogP contribution in [0.4, 0.5) is 0 Å². The van der Waals surface area contributed by atoms with Gasteiger partial charge in [-0.2, -0.15) is 0 Å². The lowest BCUT2D eigenvalue weighted by atomic mass is 10.0. The molecule has 2 rings (SSSR count). The summed E-state index contributed by atoms with van der Waals surface area (Å²) in [5, 5.41) is 6.31. The minimum Gasteiger partial charge on any atom is -0.488 e. The van der Waals surface area contributed by atoms with E-state index in [1.807, 2.05) is 39.8 Å². The molecule has 0 saturated carbocycles. The summed E-state index contributed by atoms with van der Waals surface area (Å²) in [4.78, 5) is 12.2. The van der Waals surface area contributed by atoms with Crippen molar-refractivity contribution in [2.24, 2.45) is 0 Å². The van der Waals surface area contributed by atoms with Crippen molar-refractivity contribution >= 4 is 18.3 Å². The predicted octanol–water partition coefficient (Wildman–Crippen LogP) is 3.35. The quantitative estimate of drug-likeness (QED) is 0.883. The smallest absolute Gasteiger partial charge is 0.237 e. The third-order valence-corrected chi connectivity index (χ3v) is 3.72. The number of halogens is 1. The van der Waals surface area contributed by atoms with Crippen LogP contribution in [0.15, 0.2) is 18.2 Å². The first-order valence-corrected chi connectivity index (χ1v) is 8.15. The number of aryl methyl sites for hydroxylation is 1. The third kappa shape index (κ3) is 6.40. The maximum atomic E-state index is 12.2. The standard InChI is InChI=1S/C18H28N2O2.ClH/c1-13-8-9-14(16(11-13)22-18(2,3)4)12-20-17(21)15-7-5-6-10-19-15;/h8-9,11,15,19H,5-7,10,12H2,1-4H3,(H,20,21);1H. The second-order valence-electron chi connectivity index (χ2n) is 7.05. The van der Waals surface area contributed by atoms with Crippen molar-refractivity contribution in [1.29, 1.82) is 0 Å². The summed E-state index contributed by atoms with van der Waals surface area (Å²) in [5.74, 6) is 0.936. The molecule has 1 heterocycles. The maximum Gasteiger partial charge on any atom is 0.237 e. The van der Waals surface area contributed by atoms with Crippen LogP contribution in [0.5, 0.6) is 5.75 Å². The Morgan fingerprint density at radius 1 is 1.35 bits per heavy atom. The Balaban J connectivity index is 0.00000264. The highest BCUT2D eigenvalue weighted by Gasteiger charge is 2.21. The van der Waals surface area contributed by atoms with Crippen molar-refractivity contribution in [2.75, 3.05) is 6.54 Å². The number of amides is 1. The third-order valence-electron chi connectivity index (χ3n) is 3.72. The van der Waals surface area contributed by atoms with Gasteiger partial charge in [-0.3, -0.25) is 4.79 Å². The van der Waals surface area contributed by atoms with Crippen molar-refractivity contribution in [3.8, 4) is 5.75 Å². The van der Waals surface area contributed by atoms with E-state index in [2.05, 4.69) is 16.7 Å². The van der Waals surface area contributed by atoms with E-state index in [4.69, 9.17) is 4.74 Å². The van der Waals surface area contributed by atoms with Crippen molar-refractivity contribution in [3.63, 3.8) is 0 Å². The monoisotopic (exact) mass is 340 g/mol. The van der Waals surface area contributed by atoms with E-state index in [9.17, 15) is 4.79 Å². The Morgan fingerprint density at radius 3 is 2.70 bits per heavy atom. The number of rotatable bonds is 4. The number of hydrogen-bond acceptors (Lipinski definition) is 3. The van der Waals surface area contributed by atoms with Gasteiger partial charge in [0.05, 0.1) is 6.04 Å². The average molecular weight is 341 g/mol. The van der Waals surface area contributed by atoms with Crippen molar-refractivity contribution in [1.82, 2.24) is 10.6 Å². The molecule has 1 atom stereocenters. The Labute approximate surface area is 145 Å². The van der Waals surface area contributed by atoms with E-state index in [1.165, 1.54) is 0 Å². The van der Waals surface area contributed by atoms with E-state index in [-0.39, 0.29) is 30.0 Å². The molecule has 1 aromatic carbocycles. The van der Waals surface area contributed by atoms with Crippen LogP contribution in [0.3, 0.4) is 0 Å². The zero-order valence-electron chi connectivity index (χ0n) is 14.6. The van der Waals surface area contributed by atoms with Crippen molar-refractivity contribution in [2.45, 2.75) is 65.1 Å². The molecule has 2 N–H and O–H groups in total. The first-order chi connectivity index (χ1) is 10.3. The van der Waals surface area contributed by atoms with Gasteiger partial charge < -0.3 is 15.4 Å². The van der Waals surface area contributed by atoms with Gasteiger partial charge in [-0.25, -0.2) is 0 Å². The number of hydrogen-bond donors (Lipinski definition) is 2. The number of carbonyl (C=O) groups excluding carboxylic acids is 1. The SMILES string of the molecule is Cc1ccc(CNC(=O)C2CCCCN2)c(OC(C)(C)C)c1.Cl. The molecule has 1 aliphatic heterocycles. The Kier molecular flexibility index (Phi) is 7.36. The lowest BCUT2D eigenvalue weighted by molar-refractivity contribution is -0.123. The van der Waals surface area contributed by atoms with E-state index >= 15 is 0 Å². The Bertz CT molecular complexity index is 520. The van der Waals surface area contributed by atoms with E-state index in [0.29, 0.717) is 6.54 Å². The summed E-state index contributed by atoms with van der Waals surface area (Å²) in [6.07, 6.45) is 3.20. The van der Waals surface area contributed by atoms with Crippen LogP contribution in [0.1, 0.15) is 51.2 Å². The summed E-state index contributed by atoms with van der Waals surface area (Å²) in [5.41, 5.74) is 1.92. The highest BCUT2D eigenvalue weighted by molar-refractivity contribution is 5.85. The van der Waals surface area contributed by atoms with Crippen LogP contribution in [-0.4, -0.2) is 24.1 Å². The molecule has 4 nitrogen and oxygen atoms in total. The Hall–Kier alpha value is -1.26. The molecule has 5 heteroatoms. The van der Waals surface area contributed by atoms with Gasteiger partial charge in [0.1, 0.15) is 11.4 Å². The van der Waals surface area contributed by atoms with Gasteiger partial charge in [0.25, 0.3) is 0 Å². The zero-order valence-corrected chi connectivity index (χ0v) is 15.4. The fraction of sp³-hybridized carbons (Fsp3) is 0.611. The fourth-order valence-corrected chi connectivity index (χ4v) is 2.61. The van der Waals surface area contributed by atoms with Gasteiger partial charge in [-0.15, -0.1) is 12.4 Å². The molecule has 0 bridgehead atoms. The molecule has 1 saturated heterocycles. The second-order valence-corrected chi connectivity index (χ2v) is 7.05. The second kappa shape index (κ2) is 8.55. The summed E-state index contributed by atoms with van der Waals surface area (Å²) in [6, 6.07) is 6.07. The van der Waals surface area contributed by atoms with Gasteiger partial charge >= 0.3 is 0 Å². The molecule has 1 amide bonds. The Morgan fingerprint density at radius 2 is 2.09 bits per heavy atom. The van der Waals surface area contributed by atoms with Gasteiger partial charge in [0.2, 0.25) is 5.91 Å². The predicted molar refractivity (Wildman–Crippen MR) is 96.3 cm³/mol. The van der Waals surface area contributed by atoms with Crippen LogP contribution in [0.2, 0.25) is 0 Å². The number of carbonyl (C=O) groups is 1. The van der Waals surface area contributed by atoms with E-state index < -0.39 is 0 Å². The van der Waals surface area contributed by atoms with Crippen LogP contribution in [0.25, 0.3) is 0 Å². The van der Waals surface area contributed by atoms with Gasteiger partial charge in [0, 0.05) is 12.1 Å². The summed E-state index contributed by atoms with van der Waals surface area (Å²) in [7, 11) is 0. The fourth-order valence-electron chi connectivity index (χ4n) is 2.61. The number of benzene rings is 1. The summed E-state index contributed by atoms with van der Waals surface area (Å²) in [6.45, 7) is 9.57. The molecular weight excluding hydrogens is 312 g/mol. The van der Waals surface area contributed by atoms with E-state index in [0.717, 1.165) is 42.7 Å². The molecule has 23 heavy (non-hydrogen) atoms. The molecule has 1 unspecified atom stereocenters. The summed E-state index contributed by atoms with van der Waals surface area (Å²) < 4.78 is 6.02. The van der Waals surface area contributed by atoms with Crippen LogP contribution in [-0.2, 0) is 11.3 Å². The molecule has 0 aromatic heterocycles. The van der Waals surface area contributed by atoms with Gasteiger partial charge in [-0.05, 0) is 58.7 Å². The average Bonchev–Trinajstić information content (AvgIpc) is 2.45. The largest absolute Gasteiger partial charge is 0.488 e. The van der Waals surface area contributed by atoms with E-state index in [1.54, 1.807) is 0 Å². The molecule has 1 aliphatic rings. The summed E-state index contributed by atoms with van der Waals surface area (Å²) >= 11 is 0. The molecule has 0 aliphatic carbocycles. The highest BCUT2D eigenvalue weighted by Crippen LogP contribution is 2.24. The normalized spacial score (nSPS) is 18.0. The molecular formula is C18H29ClN2O2. The van der Waals surface area contributed by atoms with Crippen LogP contribution < -0.4 is 15.4 Å². The minimum atomic E-state index is -0.253. The van der Waals surface area contributed by atoms with Crippen LogP contribution in [0, 0.1) is 6.92 Å².